The second-order valence-corrected chi connectivity index (χ2v) is 50.1. The molecule has 0 saturated carbocycles. The number of fused-ring (bicyclic) bond motifs is 2. The van der Waals surface area contributed by atoms with Gasteiger partial charge in [0.1, 0.15) is 53.7 Å². The predicted molar refractivity (Wildman–Crippen MR) is 608 cm³/mol. The first-order valence-corrected chi connectivity index (χ1v) is 60.3. The Morgan fingerprint density at radius 2 is 0.814 bits per heavy atom. The number of aliphatic imine (C=N–C) groups is 1. The highest BCUT2D eigenvalue weighted by atomic mass is 79.9. The number of nitro benzene ring substituents is 2. The molecule has 9 aliphatic heterocycles. The van der Waals surface area contributed by atoms with Crippen molar-refractivity contribution in [2.24, 2.45) is 4.99 Å². The summed E-state index contributed by atoms with van der Waals surface area (Å²) < 4.78 is 27.3. The molecule has 43 heteroatoms. The monoisotopic (exact) mass is 2220 g/mol. The Labute approximate surface area is 894 Å². The van der Waals surface area contributed by atoms with Crippen LogP contribution in [0, 0.1) is 59.3 Å². The van der Waals surface area contributed by atoms with Gasteiger partial charge >= 0.3 is 0 Å². The van der Waals surface area contributed by atoms with E-state index in [-0.39, 0.29) is 81.5 Å². The number of carbonyl (C=O) groups is 4. The number of nitrogens with two attached hydrogens (primary N) is 1. The average Bonchev–Trinajstić information content (AvgIpc) is 1.17. The smallest absolute Gasteiger partial charge is 0.285 e. The second kappa shape index (κ2) is 64.1. The molecule has 9 heterocycles. The van der Waals surface area contributed by atoms with E-state index in [0.29, 0.717) is 93.8 Å². The van der Waals surface area contributed by atoms with E-state index >= 15 is 0 Å². The number of halogens is 1. The SMILES string of the molecule is CCSC(SCC)[C@@H]1CCCN1C(=O)c1cc(C)c(OCCBr)cc1[N+](=O)[O-].CCSC(SCC)[C@@H]1CCCN1C(=O)c1cc(C)c(OCCSC(=S)N2CCN(C)CC2)cc1N.CCSC(SCC)[C@@H]1CCCN1C(=O)c1cc(C)c(OCCSC(=S)N2CCN(C)CC2)cc1[N+](=O)[O-].CN1CCNCC1.Cc1cc2c(cc1OCCSC(=S)N1CCN(C)CC1)N=C[C@@H]1CCCN1C2=O.N#CCO. The summed E-state index contributed by atoms with van der Waals surface area (Å²) in [4.78, 5) is 104. The van der Waals surface area contributed by atoms with Crippen molar-refractivity contribution in [3.8, 4) is 29.1 Å². The third-order valence-corrected chi connectivity index (χ3v) is 37.9. The van der Waals surface area contributed by atoms with Crippen molar-refractivity contribution < 1.29 is 53.1 Å². The number of nitrogen functional groups attached to an aromatic ring is 1. The number of nitro groups is 2. The van der Waals surface area contributed by atoms with E-state index in [1.54, 1.807) is 47.4 Å². The van der Waals surface area contributed by atoms with E-state index in [1.807, 2.05) is 143 Å². The summed E-state index contributed by atoms with van der Waals surface area (Å²) in [6.45, 7) is 41.7. The van der Waals surface area contributed by atoms with Crippen molar-refractivity contribution in [1.82, 2.24) is 59.2 Å². The number of alkyl halides is 1. The first kappa shape index (κ1) is 120. The van der Waals surface area contributed by atoms with Gasteiger partial charge in [-0.3, -0.25) is 44.4 Å². The molecule has 4 aromatic rings. The van der Waals surface area contributed by atoms with Gasteiger partial charge in [0, 0.05) is 178 Å². The average molecular weight is 2230 g/mol. The quantitative estimate of drug-likeness (QED) is 0.00563. The molecule has 0 bridgehead atoms. The number of thioether (sulfide) groups is 9. The number of rotatable bonds is 35. The molecule has 0 unspecified atom stereocenters. The van der Waals surface area contributed by atoms with Gasteiger partial charge in [-0.2, -0.15) is 5.26 Å². The number of amides is 4. The first-order valence-electron chi connectivity index (χ1n) is 48.7. The Bertz CT molecular complexity index is 4710. The number of aryl methyl sites for hydroxylation is 4. The van der Waals surface area contributed by atoms with E-state index in [9.17, 15) is 39.4 Å². The lowest BCUT2D eigenvalue weighted by molar-refractivity contribution is -0.385. The molecular formula is C97H148BrN17O13S12. The van der Waals surface area contributed by atoms with Crippen LogP contribution in [0.2, 0.25) is 0 Å². The molecule has 8 fully saturated rings. The summed E-state index contributed by atoms with van der Waals surface area (Å²) in [5.74, 6) is 10.3. The predicted octanol–water partition coefficient (Wildman–Crippen LogP) is 16.7. The van der Waals surface area contributed by atoms with Crippen molar-refractivity contribution in [3.63, 3.8) is 0 Å². The number of thiocarbonyl (C=S) groups is 3. The third kappa shape index (κ3) is 37.0. The van der Waals surface area contributed by atoms with Gasteiger partial charge in [0.15, 0.2) is 0 Å². The maximum absolute atomic E-state index is 13.6. The van der Waals surface area contributed by atoms with Crippen LogP contribution in [0.5, 0.6) is 23.0 Å². The van der Waals surface area contributed by atoms with Crippen molar-refractivity contribution >= 4 is 224 Å². The summed E-state index contributed by atoms with van der Waals surface area (Å²) in [6.07, 6.45) is 9.79. The van der Waals surface area contributed by atoms with Crippen molar-refractivity contribution in [2.75, 3.05) is 255 Å². The molecule has 0 aliphatic carbocycles. The van der Waals surface area contributed by atoms with E-state index in [1.165, 1.54) is 31.3 Å². The van der Waals surface area contributed by atoms with Crippen LogP contribution in [0.1, 0.15) is 157 Å². The molecule has 0 aromatic heterocycles. The van der Waals surface area contributed by atoms with Gasteiger partial charge in [0.05, 0.1) is 109 Å². The Kier molecular flexibility index (Phi) is 55.0. The number of ether oxygens (including phenoxy) is 4. The molecule has 0 radical (unpaired) electrons. The van der Waals surface area contributed by atoms with Crippen LogP contribution in [-0.4, -0.2) is 399 Å². The van der Waals surface area contributed by atoms with Gasteiger partial charge in [0.25, 0.3) is 35.0 Å². The van der Waals surface area contributed by atoms with Crippen molar-refractivity contribution in [3.05, 3.63) is 113 Å². The minimum Gasteiger partial charge on any atom is -0.492 e. The van der Waals surface area contributed by atoms with Gasteiger partial charge in [-0.05, 0) is 188 Å². The molecule has 13 rings (SSSR count). The van der Waals surface area contributed by atoms with Gasteiger partial charge in [-0.15, -0.1) is 70.6 Å². The van der Waals surface area contributed by atoms with E-state index < -0.39 is 9.85 Å². The molecule has 30 nitrogen and oxygen atoms in total. The third-order valence-electron chi connectivity index (χ3n) is 24.8. The lowest BCUT2D eigenvalue weighted by Gasteiger charge is -2.33. The number of nitrogens with zero attached hydrogens (tertiary/aromatic N) is 15. The molecule has 0 spiro atoms. The highest BCUT2D eigenvalue weighted by Gasteiger charge is 2.42. The molecule has 4 atom stereocenters. The number of anilines is 1. The zero-order chi connectivity index (χ0) is 102. The Morgan fingerprint density at radius 3 is 1.15 bits per heavy atom. The fourth-order valence-electron chi connectivity index (χ4n) is 17.2. The van der Waals surface area contributed by atoms with Gasteiger partial charge < -0.3 is 89.0 Å². The topological polar surface area (TPSA) is 322 Å². The van der Waals surface area contributed by atoms with Crippen molar-refractivity contribution in [2.45, 2.75) is 159 Å². The van der Waals surface area contributed by atoms with E-state index in [4.69, 9.17) is 71.7 Å². The van der Waals surface area contributed by atoms with Gasteiger partial charge in [-0.25, -0.2) is 0 Å². The number of carbonyl (C=O) groups excluding carboxylic acids is 4. The summed E-state index contributed by atoms with van der Waals surface area (Å²) in [5.41, 5.74) is 12.1. The summed E-state index contributed by atoms with van der Waals surface area (Å²) >= 11 is 36.2. The number of benzene rings is 4. The summed E-state index contributed by atoms with van der Waals surface area (Å²) in [7, 11) is 8.55. The Balaban J connectivity index is 0.000000221. The molecular weight excluding hydrogens is 2080 g/mol. The summed E-state index contributed by atoms with van der Waals surface area (Å²) in [6, 6.07) is 15.6. The fraction of sp³-hybridized carbons (Fsp3) is 0.660. The van der Waals surface area contributed by atoms with Crippen LogP contribution in [0.15, 0.2) is 53.5 Å². The number of likely N-dealkylation sites (N-methyl/N-ethyl adjacent to an activating group) is 4. The van der Waals surface area contributed by atoms with Crippen LogP contribution in [0.25, 0.3) is 0 Å². The van der Waals surface area contributed by atoms with Crippen LogP contribution >= 0.6 is 158 Å². The number of likely N-dealkylation sites (tertiary alicyclic amines) is 3. The zero-order valence-electron chi connectivity index (χ0n) is 84.1. The molecule has 9 aliphatic rings. The maximum Gasteiger partial charge on any atom is 0.285 e. The standard InChI is InChI=1S/C25H38N4O4S4.C25H40N4O2S4.C21H28N4O2S2.C19H27BrN2O4S2.C5H12N2.C2H3NO/c1-5-35-24(36-6-2)20-8-7-9-28(20)23(30)19-16-18(3)22(17-21(19)29(31)32)33-14-15-37-25(34)27-12-10-26(4)11-13-27;1-5-33-24(34-6-2)21-8-7-9-29(21)23(30)19-16-18(3)22(17-20(19)26)31-14-15-35-25(32)28-12-10-27(4)11-13-28;1-15-12-17-18(22-14-16-4-3-5-25(16)20(17)26)13-19(15)27-10-11-29-21(28)24-8-6-23(2)7-9-24;1-4-27-19(28-5-2)15-7-6-9-21(15)18(23)14-11-13(3)17(26-10-8-20)12-16(14)22(24)25;1-7-4-2-6-3-5-7;3-1-2-4/h16-17,20,24H,5-15H2,1-4H3;16-17,21,24H,5-15,26H2,1-4H3;12-14,16H,3-11H2,1-2H3;11-12,15,19H,4-10H2,1-3H3;6H,2-5H2,1H3;4H,2H2/t20-;21-;16-;15-;;/m0000../s1. The van der Waals surface area contributed by atoms with Crippen LogP contribution in [0.3, 0.4) is 0 Å². The molecule has 8 saturated heterocycles. The number of aliphatic hydroxyl groups is 1. The maximum atomic E-state index is 13.6. The normalized spacial score (nSPS) is 18.8. The molecule has 778 valence electrons. The second-order valence-electron chi connectivity index (χ2n) is 34.7. The molecule has 4 N–H and O–H groups in total. The van der Waals surface area contributed by atoms with Crippen LogP contribution in [-0.2, 0) is 0 Å². The molecule has 4 aromatic carbocycles. The molecule has 4 amide bonds. The van der Waals surface area contributed by atoms with Crippen LogP contribution in [0.4, 0.5) is 22.7 Å². The lowest BCUT2D eigenvalue weighted by atomic mass is 10.1. The number of aliphatic hydroxyl groups excluding tert-OH is 1. The number of nitriles is 1. The highest BCUT2D eigenvalue weighted by molar-refractivity contribution is 9.09. The number of piperazine rings is 4. The van der Waals surface area contributed by atoms with Gasteiger partial charge in [0.2, 0.25) is 0 Å². The number of hydrogen-bond donors (Lipinski definition) is 3. The highest BCUT2D eigenvalue weighted by Crippen LogP contribution is 2.43. The van der Waals surface area contributed by atoms with E-state index in [0.717, 1.165) is 249 Å². The Hall–Kier alpha value is -5.22. The fourth-order valence-corrected chi connectivity index (χ4v) is 29.4. The minimum absolute atomic E-state index is 0.0473. The van der Waals surface area contributed by atoms with Crippen molar-refractivity contribution in [1.29, 1.82) is 5.26 Å². The minimum atomic E-state index is -0.488. The molecule has 140 heavy (non-hydrogen) atoms. The summed E-state index contributed by atoms with van der Waals surface area (Å²) in [5, 5.41) is 42.4. The largest absolute Gasteiger partial charge is 0.492 e. The van der Waals surface area contributed by atoms with Gasteiger partial charge in [-0.1, -0.05) is 129 Å². The van der Waals surface area contributed by atoms with E-state index in [2.05, 4.69) is 135 Å². The Morgan fingerprint density at radius 1 is 0.493 bits per heavy atom. The van der Waals surface area contributed by atoms with Crippen LogP contribution < -0.4 is 30.0 Å². The number of nitrogens with one attached hydrogen (secondary N) is 1. The lowest BCUT2D eigenvalue weighted by Crippen LogP contribution is -2.45. The zero-order valence-corrected chi connectivity index (χ0v) is 95.4. The number of hydrogen-bond acceptors (Lipinski definition) is 33. The first-order chi connectivity index (χ1) is 67.4.